The molecular formula is C12H21NO. The van der Waals surface area contributed by atoms with Gasteiger partial charge in [0.05, 0.1) is 6.61 Å². The van der Waals surface area contributed by atoms with E-state index < -0.39 is 0 Å². The van der Waals surface area contributed by atoms with E-state index in [0.717, 1.165) is 31.0 Å². The van der Waals surface area contributed by atoms with Crippen molar-refractivity contribution in [2.24, 2.45) is 10.9 Å². The van der Waals surface area contributed by atoms with E-state index in [0.29, 0.717) is 5.92 Å². The smallest absolute Gasteiger partial charge is 0.188 e. The van der Waals surface area contributed by atoms with E-state index in [9.17, 15) is 0 Å². The Bertz CT molecular complexity index is 228. The molecule has 14 heavy (non-hydrogen) atoms. The van der Waals surface area contributed by atoms with Crippen LogP contribution in [0.4, 0.5) is 0 Å². The molecule has 0 radical (unpaired) electrons. The Morgan fingerprint density at radius 1 is 1.43 bits per heavy atom. The van der Waals surface area contributed by atoms with Crippen molar-refractivity contribution < 1.29 is 4.74 Å². The molecule has 0 aromatic heterocycles. The molecule has 0 spiro atoms. The van der Waals surface area contributed by atoms with Gasteiger partial charge in [0, 0.05) is 12.1 Å². The molecule has 0 aliphatic carbocycles. The molecule has 0 atom stereocenters. The van der Waals surface area contributed by atoms with E-state index in [4.69, 9.17) is 4.74 Å². The number of allylic oxidation sites excluding steroid dienone is 2. The van der Waals surface area contributed by atoms with Crippen LogP contribution >= 0.6 is 0 Å². The number of nitrogens with zero attached hydrogens (tertiary/aromatic N) is 1. The molecule has 1 heterocycles. The highest BCUT2D eigenvalue weighted by atomic mass is 16.5. The molecule has 80 valence electrons. The first-order chi connectivity index (χ1) is 6.68. The summed E-state index contributed by atoms with van der Waals surface area (Å²) in [4.78, 5) is 4.46. The lowest BCUT2D eigenvalue weighted by Crippen LogP contribution is -2.11. The first kappa shape index (κ1) is 11.3. The van der Waals surface area contributed by atoms with Gasteiger partial charge in [-0.2, -0.15) is 0 Å². The van der Waals surface area contributed by atoms with Crippen LogP contribution in [0.25, 0.3) is 0 Å². The molecule has 0 saturated heterocycles. The Balaban J connectivity index is 2.50. The zero-order valence-corrected chi connectivity index (χ0v) is 9.55. The van der Waals surface area contributed by atoms with Crippen LogP contribution in [-0.2, 0) is 4.74 Å². The van der Waals surface area contributed by atoms with E-state index >= 15 is 0 Å². The van der Waals surface area contributed by atoms with Crippen molar-refractivity contribution in [1.29, 1.82) is 0 Å². The normalized spacial score (nSPS) is 18.3. The highest BCUT2D eigenvalue weighted by Gasteiger charge is 2.05. The lowest BCUT2D eigenvalue weighted by atomic mass is 10.1. The predicted molar refractivity (Wildman–Crippen MR) is 60.5 cm³/mol. The van der Waals surface area contributed by atoms with Crippen molar-refractivity contribution in [3.05, 3.63) is 11.8 Å². The highest BCUT2D eigenvalue weighted by Crippen LogP contribution is 2.12. The number of rotatable bonds is 2. The molecule has 2 heteroatoms. The number of aliphatic imine (C=N–C) groups is 1. The maximum atomic E-state index is 5.66. The standard InChI is InChI=1S/C12H21NO/c1-10(2)9-14-12-8-6-4-5-7-11(3)13-12/h7,10H,4-6,8-9H2,1-3H3. The lowest BCUT2D eigenvalue weighted by molar-refractivity contribution is 0.250. The first-order valence-electron chi connectivity index (χ1n) is 5.55. The van der Waals surface area contributed by atoms with Crippen LogP contribution in [0.1, 0.15) is 46.5 Å². The van der Waals surface area contributed by atoms with Gasteiger partial charge >= 0.3 is 0 Å². The summed E-state index contributed by atoms with van der Waals surface area (Å²) in [5.41, 5.74) is 1.10. The molecule has 1 rings (SSSR count). The number of hydrogen-bond donors (Lipinski definition) is 0. The molecule has 0 aromatic carbocycles. The van der Waals surface area contributed by atoms with Crippen molar-refractivity contribution in [2.75, 3.05) is 6.61 Å². The third-order valence-electron chi connectivity index (χ3n) is 2.17. The number of hydrogen-bond acceptors (Lipinski definition) is 2. The van der Waals surface area contributed by atoms with Gasteiger partial charge in [0.15, 0.2) is 5.90 Å². The van der Waals surface area contributed by atoms with Crippen molar-refractivity contribution in [2.45, 2.75) is 46.5 Å². The Kier molecular flexibility index (Phi) is 4.71. The van der Waals surface area contributed by atoms with Crippen LogP contribution in [0.15, 0.2) is 16.8 Å². The van der Waals surface area contributed by atoms with E-state index in [-0.39, 0.29) is 0 Å². The zero-order chi connectivity index (χ0) is 10.4. The zero-order valence-electron chi connectivity index (χ0n) is 9.55. The molecule has 0 amide bonds. The van der Waals surface area contributed by atoms with E-state index in [2.05, 4.69) is 24.9 Å². The van der Waals surface area contributed by atoms with Gasteiger partial charge in [0.25, 0.3) is 0 Å². The van der Waals surface area contributed by atoms with Crippen molar-refractivity contribution in [3.8, 4) is 0 Å². The number of ether oxygens (including phenoxy) is 1. The molecule has 1 aliphatic rings. The maximum Gasteiger partial charge on any atom is 0.188 e. The fourth-order valence-electron chi connectivity index (χ4n) is 1.40. The minimum Gasteiger partial charge on any atom is -0.480 e. The van der Waals surface area contributed by atoms with Crippen molar-refractivity contribution in [1.82, 2.24) is 0 Å². The van der Waals surface area contributed by atoms with E-state index in [1.165, 1.54) is 12.8 Å². The summed E-state index contributed by atoms with van der Waals surface area (Å²) in [5.74, 6) is 1.50. The average Bonchev–Trinajstić information content (AvgIpc) is 2.08. The molecule has 0 N–H and O–H groups in total. The van der Waals surface area contributed by atoms with Crippen LogP contribution in [0.3, 0.4) is 0 Å². The second kappa shape index (κ2) is 5.84. The van der Waals surface area contributed by atoms with Gasteiger partial charge in [-0.05, 0) is 32.1 Å². The Hall–Kier alpha value is -0.790. The van der Waals surface area contributed by atoms with Gasteiger partial charge < -0.3 is 4.74 Å². The van der Waals surface area contributed by atoms with Gasteiger partial charge in [-0.15, -0.1) is 0 Å². The topological polar surface area (TPSA) is 21.6 Å². The van der Waals surface area contributed by atoms with Crippen LogP contribution in [0.5, 0.6) is 0 Å². The quantitative estimate of drug-likeness (QED) is 0.660. The lowest BCUT2D eigenvalue weighted by Gasteiger charge is -2.13. The van der Waals surface area contributed by atoms with Crippen LogP contribution < -0.4 is 0 Å². The molecule has 2 nitrogen and oxygen atoms in total. The summed E-state index contributed by atoms with van der Waals surface area (Å²) in [6.07, 6.45) is 6.80. The van der Waals surface area contributed by atoms with Crippen LogP contribution in [0, 0.1) is 5.92 Å². The maximum absolute atomic E-state index is 5.66. The highest BCUT2D eigenvalue weighted by molar-refractivity contribution is 5.77. The largest absolute Gasteiger partial charge is 0.480 e. The minimum absolute atomic E-state index is 0.576. The fourth-order valence-corrected chi connectivity index (χ4v) is 1.40. The Morgan fingerprint density at radius 2 is 2.21 bits per heavy atom. The second-order valence-electron chi connectivity index (χ2n) is 4.30. The Labute approximate surface area is 87.1 Å². The molecule has 0 saturated carbocycles. The van der Waals surface area contributed by atoms with Crippen molar-refractivity contribution >= 4 is 5.90 Å². The Morgan fingerprint density at radius 3 is 2.93 bits per heavy atom. The first-order valence-corrected chi connectivity index (χ1v) is 5.55. The van der Waals surface area contributed by atoms with Gasteiger partial charge in [0.1, 0.15) is 0 Å². The summed E-state index contributed by atoms with van der Waals surface area (Å²) in [7, 11) is 0. The minimum atomic E-state index is 0.576. The van der Waals surface area contributed by atoms with Crippen molar-refractivity contribution in [3.63, 3.8) is 0 Å². The summed E-state index contributed by atoms with van der Waals surface area (Å²) in [5, 5.41) is 0. The summed E-state index contributed by atoms with van der Waals surface area (Å²) in [6.45, 7) is 7.15. The predicted octanol–water partition coefficient (Wildman–Crippen LogP) is 3.54. The summed E-state index contributed by atoms with van der Waals surface area (Å²) >= 11 is 0. The molecule has 1 aliphatic heterocycles. The van der Waals surface area contributed by atoms with Gasteiger partial charge in [-0.1, -0.05) is 19.9 Å². The fraction of sp³-hybridized carbons (Fsp3) is 0.750. The van der Waals surface area contributed by atoms with Gasteiger partial charge in [0.2, 0.25) is 0 Å². The second-order valence-corrected chi connectivity index (χ2v) is 4.30. The van der Waals surface area contributed by atoms with Gasteiger partial charge in [-0.3, -0.25) is 0 Å². The molecule has 0 aromatic rings. The third-order valence-corrected chi connectivity index (χ3v) is 2.17. The molecule has 0 bridgehead atoms. The monoisotopic (exact) mass is 195 g/mol. The summed E-state index contributed by atoms with van der Waals surface area (Å²) < 4.78 is 5.66. The third kappa shape index (κ3) is 4.45. The van der Waals surface area contributed by atoms with Gasteiger partial charge in [-0.25, -0.2) is 4.99 Å². The van der Waals surface area contributed by atoms with Crippen LogP contribution in [0.2, 0.25) is 0 Å². The SMILES string of the molecule is CC1=CCCCCC(OCC(C)C)=N1. The molecule has 0 fully saturated rings. The average molecular weight is 195 g/mol. The molecular weight excluding hydrogens is 174 g/mol. The summed E-state index contributed by atoms with van der Waals surface area (Å²) in [6, 6.07) is 0. The molecule has 0 unspecified atom stereocenters. The van der Waals surface area contributed by atoms with E-state index in [1.54, 1.807) is 0 Å². The van der Waals surface area contributed by atoms with E-state index in [1.807, 2.05) is 6.92 Å². The van der Waals surface area contributed by atoms with Crippen LogP contribution in [-0.4, -0.2) is 12.5 Å².